The molecule has 0 bridgehead atoms. The van der Waals surface area contributed by atoms with Crippen molar-refractivity contribution in [2.75, 3.05) is 21.2 Å². The van der Waals surface area contributed by atoms with Crippen molar-refractivity contribution in [3.63, 3.8) is 0 Å². The van der Waals surface area contributed by atoms with E-state index in [2.05, 4.69) is 12.4 Å². The lowest BCUT2D eigenvalue weighted by molar-refractivity contribution is -0.917. The normalized spacial score (nSPS) is 11.9. The summed E-state index contributed by atoms with van der Waals surface area (Å²) < 4.78 is 9.86. The Morgan fingerprint density at radius 1 is 1.21 bits per heavy atom. The minimum absolute atomic E-state index is 0.0825. The lowest BCUT2D eigenvalue weighted by Gasteiger charge is -2.14. The van der Waals surface area contributed by atoms with Crippen LogP contribution in [0.1, 0.15) is 15.9 Å². The zero-order valence-corrected chi connectivity index (χ0v) is 17.9. The predicted octanol–water partition coefficient (Wildman–Crippen LogP) is 1.66. The van der Waals surface area contributed by atoms with Crippen molar-refractivity contribution in [3.05, 3.63) is 64.4 Å². The molecular weight excluding hydrogens is 386 g/mol. The van der Waals surface area contributed by atoms with E-state index in [9.17, 15) is 4.79 Å². The Hall–Kier alpha value is -2.97. The number of nitrogens with zero attached hydrogens (tertiary/aromatic N) is 3. The van der Waals surface area contributed by atoms with Crippen molar-refractivity contribution in [2.24, 2.45) is 7.05 Å². The van der Waals surface area contributed by atoms with Crippen LogP contribution < -0.4 is 15.0 Å². The van der Waals surface area contributed by atoms with E-state index in [1.165, 1.54) is 4.90 Å². The number of amides is 1. The molecule has 1 unspecified atom stereocenters. The van der Waals surface area contributed by atoms with E-state index in [1.807, 2.05) is 64.8 Å². The largest absolute Gasteiger partial charge is 0.496 e. The van der Waals surface area contributed by atoms with Crippen LogP contribution in [0.5, 0.6) is 5.75 Å². The van der Waals surface area contributed by atoms with Gasteiger partial charge in [0.25, 0.3) is 5.91 Å². The number of hydrogen-bond acceptors (Lipinski definition) is 4. The van der Waals surface area contributed by atoms with Gasteiger partial charge in [-0.05, 0) is 36.5 Å². The van der Waals surface area contributed by atoms with Crippen molar-refractivity contribution >= 4 is 18.1 Å². The average Bonchev–Trinajstić information content (AvgIpc) is 3.01. The van der Waals surface area contributed by atoms with Gasteiger partial charge in [0.2, 0.25) is 4.77 Å². The number of nitrogens with one attached hydrogen (secondary N) is 2. The third-order valence-corrected chi connectivity index (χ3v) is 5.24. The van der Waals surface area contributed by atoms with Gasteiger partial charge in [0.05, 0.1) is 19.7 Å². The topological polar surface area (TPSA) is 65.5 Å². The molecule has 1 heterocycles. The van der Waals surface area contributed by atoms with Crippen LogP contribution in [-0.4, -0.2) is 41.5 Å². The summed E-state index contributed by atoms with van der Waals surface area (Å²) in [6.07, 6.45) is 0. The molecule has 1 aromatic heterocycles. The monoisotopic (exact) mass is 412 g/mol. The first-order chi connectivity index (χ1) is 13.9. The van der Waals surface area contributed by atoms with E-state index in [4.69, 9.17) is 22.1 Å². The Labute approximate surface area is 175 Å². The number of rotatable bonds is 7. The predicted molar refractivity (Wildman–Crippen MR) is 114 cm³/mol. The highest BCUT2D eigenvalue weighted by Crippen LogP contribution is 2.27. The van der Waals surface area contributed by atoms with Gasteiger partial charge in [-0.2, -0.15) is 4.68 Å². The van der Waals surface area contributed by atoms with Gasteiger partial charge in [-0.3, -0.25) is 4.79 Å². The van der Waals surface area contributed by atoms with Gasteiger partial charge >= 0.3 is 0 Å². The van der Waals surface area contributed by atoms with Gasteiger partial charge in [-0.25, -0.2) is 0 Å². The molecule has 0 radical (unpaired) electrons. The van der Waals surface area contributed by atoms with E-state index < -0.39 is 0 Å². The Morgan fingerprint density at radius 3 is 2.55 bits per heavy atom. The number of benzene rings is 2. The quantitative estimate of drug-likeness (QED) is 0.580. The van der Waals surface area contributed by atoms with Crippen LogP contribution in [0.15, 0.2) is 48.5 Å². The van der Waals surface area contributed by atoms with Gasteiger partial charge in [-0.1, -0.05) is 24.3 Å². The summed E-state index contributed by atoms with van der Waals surface area (Å²) in [5.41, 5.74) is 2.70. The van der Waals surface area contributed by atoms with E-state index in [0.29, 0.717) is 17.0 Å². The lowest BCUT2D eigenvalue weighted by Crippen LogP contribution is -3.07. The summed E-state index contributed by atoms with van der Waals surface area (Å²) in [5, 5.41) is 7.37. The molecule has 0 saturated carbocycles. The first kappa shape index (κ1) is 20.8. The maximum Gasteiger partial charge on any atom is 0.251 e. The third-order valence-electron chi connectivity index (χ3n) is 4.76. The number of hydrogen-bond donors (Lipinski definition) is 2. The first-order valence-corrected chi connectivity index (χ1v) is 9.75. The van der Waals surface area contributed by atoms with Crippen molar-refractivity contribution < 1.29 is 14.4 Å². The molecule has 1 amide bonds. The molecule has 7 nitrogen and oxygen atoms in total. The number of ether oxygens (including phenoxy) is 1. The molecule has 0 aliphatic carbocycles. The highest BCUT2D eigenvalue weighted by molar-refractivity contribution is 7.71. The second-order valence-electron chi connectivity index (χ2n) is 6.93. The van der Waals surface area contributed by atoms with Crippen molar-refractivity contribution in [1.82, 2.24) is 19.7 Å². The second kappa shape index (κ2) is 9.02. The Morgan fingerprint density at radius 2 is 1.90 bits per heavy atom. The van der Waals surface area contributed by atoms with Crippen molar-refractivity contribution in [2.45, 2.75) is 13.2 Å². The molecule has 0 spiro atoms. The van der Waals surface area contributed by atoms with E-state index in [1.54, 1.807) is 14.2 Å². The number of carbonyl (C=O) groups is 1. The Kier molecular flexibility index (Phi) is 6.46. The van der Waals surface area contributed by atoms with Gasteiger partial charge in [0, 0.05) is 25.2 Å². The fraction of sp³-hybridized carbons (Fsp3) is 0.286. The molecule has 29 heavy (non-hydrogen) atoms. The minimum Gasteiger partial charge on any atom is -0.496 e. The van der Waals surface area contributed by atoms with Crippen LogP contribution in [0.3, 0.4) is 0 Å². The summed E-state index contributed by atoms with van der Waals surface area (Å²) in [5.74, 6) is 1.45. The molecule has 0 fully saturated rings. The summed E-state index contributed by atoms with van der Waals surface area (Å²) in [6.45, 7) is 1.41. The SMILES string of the molecule is CNC(=O)c1ccc(C[NH+](C)Cn2nc(-c3ccccc3OC)n(C)c2=S)cc1. The van der Waals surface area contributed by atoms with Crippen LogP contribution >= 0.6 is 12.2 Å². The van der Waals surface area contributed by atoms with Crippen molar-refractivity contribution in [3.8, 4) is 17.1 Å². The summed E-state index contributed by atoms with van der Waals surface area (Å²) in [7, 11) is 7.29. The van der Waals surface area contributed by atoms with Gasteiger partial charge < -0.3 is 19.5 Å². The average molecular weight is 413 g/mol. The fourth-order valence-electron chi connectivity index (χ4n) is 3.23. The fourth-order valence-corrected chi connectivity index (χ4v) is 3.43. The molecule has 0 saturated heterocycles. The zero-order chi connectivity index (χ0) is 21.0. The standard InChI is InChI=1S/C21H25N5O2S/c1-22-20(27)16-11-9-15(10-12-16)13-24(2)14-26-21(29)25(3)19(23-26)17-7-5-6-8-18(17)28-4/h5-12H,13-14H2,1-4H3,(H,22,27)/p+1. The van der Waals surface area contributed by atoms with Crippen LogP contribution in [0.25, 0.3) is 11.4 Å². The lowest BCUT2D eigenvalue weighted by atomic mass is 10.1. The molecule has 2 aromatic carbocycles. The van der Waals surface area contributed by atoms with Crippen molar-refractivity contribution in [1.29, 1.82) is 0 Å². The molecule has 3 aromatic rings. The number of aromatic nitrogens is 3. The molecule has 152 valence electrons. The number of methoxy groups -OCH3 is 1. The van der Waals surface area contributed by atoms with Gasteiger partial charge in [0.1, 0.15) is 12.3 Å². The van der Waals surface area contributed by atoms with Crippen LogP contribution in [-0.2, 0) is 20.3 Å². The highest BCUT2D eigenvalue weighted by Gasteiger charge is 2.16. The smallest absolute Gasteiger partial charge is 0.251 e. The van der Waals surface area contributed by atoms with Crippen LogP contribution in [0.2, 0.25) is 0 Å². The Balaban J connectivity index is 1.77. The second-order valence-corrected chi connectivity index (χ2v) is 7.30. The van der Waals surface area contributed by atoms with Crippen LogP contribution in [0, 0.1) is 4.77 Å². The van der Waals surface area contributed by atoms with Crippen LogP contribution in [0.4, 0.5) is 0 Å². The van der Waals surface area contributed by atoms with Gasteiger partial charge in [-0.15, -0.1) is 5.10 Å². The zero-order valence-electron chi connectivity index (χ0n) is 17.1. The first-order valence-electron chi connectivity index (χ1n) is 9.34. The summed E-state index contributed by atoms with van der Waals surface area (Å²) in [6, 6.07) is 15.4. The molecule has 3 rings (SSSR count). The van der Waals surface area contributed by atoms with E-state index in [-0.39, 0.29) is 5.91 Å². The summed E-state index contributed by atoms with van der Waals surface area (Å²) >= 11 is 5.60. The van der Waals surface area contributed by atoms with E-state index >= 15 is 0 Å². The summed E-state index contributed by atoms with van der Waals surface area (Å²) in [4.78, 5) is 12.9. The third kappa shape index (κ3) is 4.55. The maximum atomic E-state index is 11.7. The molecular formula is C21H26N5O2S+. The Bertz CT molecular complexity index is 1060. The molecule has 8 heteroatoms. The molecule has 0 aliphatic heterocycles. The van der Waals surface area contributed by atoms with E-state index in [0.717, 1.165) is 29.2 Å². The molecule has 0 aliphatic rings. The maximum absolute atomic E-state index is 11.7. The number of para-hydroxylation sites is 1. The number of carbonyl (C=O) groups excluding carboxylic acids is 1. The highest BCUT2D eigenvalue weighted by atomic mass is 32.1. The minimum atomic E-state index is -0.0825. The van der Waals surface area contributed by atoms with Gasteiger partial charge in [0.15, 0.2) is 12.5 Å². The molecule has 1 atom stereocenters. The number of quaternary nitrogens is 1. The molecule has 2 N–H and O–H groups in total.